The van der Waals surface area contributed by atoms with Crippen molar-refractivity contribution in [3.05, 3.63) is 23.8 Å². The molecule has 0 amide bonds. The van der Waals surface area contributed by atoms with Crippen molar-refractivity contribution in [2.75, 3.05) is 33.0 Å². The molecule has 3 N–H and O–H groups in total. The maximum atomic E-state index is 11.5. The monoisotopic (exact) mass is 360 g/mol. The molecule has 1 aromatic carbocycles. The number of hydrogen-bond donors (Lipinski definition) is 3. The van der Waals surface area contributed by atoms with Gasteiger partial charge in [-0.1, -0.05) is 27.7 Å². The maximum absolute atomic E-state index is 11.5. The zero-order chi connectivity index (χ0) is 18.3. The minimum Gasteiger partial charge on any atom is -0.454 e. The molecule has 5 aliphatic rings. The summed E-state index contributed by atoms with van der Waals surface area (Å²) in [5, 5.41) is 11.5. The predicted octanol–water partition coefficient (Wildman–Crippen LogP) is -0.130. The quantitative estimate of drug-likeness (QED) is 0.704. The first-order chi connectivity index (χ1) is 12.4. The van der Waals surface area contributed by atoms with Gasteiger partial charge in [-0.15, -0.1) is 0 Å². The van der Waals surface area contributed by atoms with Crippen molar-refractivity contribution in [1.29, 1.82) is 0 Å². The van der Waals surface area contributed by atoms with E-state index in [1.807, 2.05) is 0 Å². The molecule has 5 heteroatoms. The summed E-state index contributed by atoms with van der Waals surface area (Å²) in [6, 6.07) is 6.48. The molecule has 142 valence electrons. The number of nitrogens with one attached hydrogen (secondary N) is 2. The summed E-state index contributed by atoms with van der Waals surface area (Å²) in [5.41, 5.74) is 1.43. The van der Waals surface area contributed by atoms with Gasteiger partial charge in [-0.05, 0) is 30.0 Å². The Kier molecular flexibility index (Phi) is 3.48. The minimum absolute atomic E-state index is 0.0400. The van der Waals surface area contributed by atoms with Gasteiger partial charge in [0.25, 0.3) is 0 Å². The number of quaternary nitrogens is 2. The van der Waals surface area contributed by atoms with Crippen molar-refractivity contribution in [2.24, 2.45) is 22.7 Å². The lowest BCUT2D eigenvalue weighted by Crippen LogP contribution is -3.41. The predicted molar refractivity (Wildman–Crippen MR) is 97.2 cm³/mol. The Morgan fingerprint density at radius 3 is 2.00 bits per heavy atom. The summed E-state index contributed by atoms with van der Waals surface area (Å²) in [6.07, 6.45) is 0.260. The second kappa shape index (κ2) is 5.37. The highest BCUT2D eigenvalue weighted by Crippen LogP contribution is 2.48. The summed E-state index contributed by atoms with van der Waals surface area (Å²) < 4.78 is 11.1. The molecule has 0 unspecified atom stereocenters. The van der Waals surface area contributed by atoms with E-state index in [-0.39, 0.29) is 16.9 Å². The van der Waals surface area contributed by atoms with E-state index < -0.39 is 0 Å². The van der Waals surface area contributed by atoms with Crippen molar-refractivity contribution in [3.63, 3.8) is 0 Å². The summed E-state index contributed by atoms with van der Waals surface area (Å²) in [6.45, 7) is 13.8. The van der Waals surface area contributed by atoms with Crippen LogP contribution in [-0.2, 0) is 0 Å². The Balaban J connectivity index is 1.56. The van der Waals surface area contributed by atoms with Crippen LogP contribution in [0.3, 0.4) is 0 Å². The first kappa shape index (κ1) is 16.8. The minimum atomic E-state index is -0.180. The van der Waals surface area contributed by atoms with Gasteiger partial charge >= 0.3 is 0 Å². The molecule has 0 atom stereocenters. The Morgan fingerprint density at radius 1 is 0.923 bits per heavy atom. The van der Waals surface area contributed by atoms with Gasteiger partial charge in [0.15, 0.2) is 11.5 Å². The molecule has 0 aromatic heterocycles. The van der Waals surface area contributed by atoms with Crippen molar-refractivity contribution in [2.45, 2.75) is 40.0 Å². The molecule has 0 saturated carbocycles. The topological polar surface area (TPSA) is 47.6 Å². The number of benzene rings is 1. The van der Waals surface area contributed by atoms with Crippen LogP contribution in [0.1, 0.15) is 39.4 Å². The molecule has 1 aromatic rings. The fraction of sp³-hybridized carbons (Fsp3) is 0.714. The van der Waals surface area contributed by atoms with E-state index in [1.165, 1.54) is 5.56 Å². The third-order valence-corrected chi connectivity index (χ3v) is 8.16. The van der Waals surface area contributed by atoms with Crippen LogP contribution >= 0.6 is 0 Å². The Morgan fingerprint density at radius 2 is 1.46 bits per heavy atom. The lowest BCUT2D eigenvalue weighted by molar-refractivity contribution is -1.19. The van der Waals surface area contributed by atoms with Crippen LogP contribution in [0.2, 0.25) is 0 Å². The molecule has 0 spiro atoms. The Labute approximate surface area is 155 Å². The highest BCUT2D eigenvalue weighted by atomic mass is 16.7. The molecular weight excluding hydrogens is 328 g/mol. The van der Waals surface area contributed by atoms with Crippen molar-refractivity contribution in [1.82, 2.24) is 0 Å². The van der Waals surface area contributed by atoms with E-state index in [1.54, 1.807) is 9.80 Å². The van der Waals surface area contributed by atoms with Crippen LogP contribution in [0.25, 0.3) is 0 Å². The Hall–Kier alpha value is -1.30. The average Bonchev–Trinajstić information content (AvgIpc) is 3.05. The third-order valence-electron chi connectivity index (χ3n) is 8.16. The van der Waals surface area contributed by atoms with E-state index in [2.05, 4.69) is 45.9 Å². The largest absolute Gasteiger partial charge is 0.454 e. The molecule has 0 aliphatic carbocycles. The molecule has 5 nitrogen and oxygen atoms in total. The summed E-state index contributed by atoms with van der Waals surface area (Å²) in [4.78, 5) is 3.29. The number of rotatable bonds is 3. The molecule has 6 rings (SSSR count). The summed E-state index contributed by atoms with van der Waals surface area (Å²) in [7, 11) is 0. The van der Waals surface area contributed by atoms with E-state index in [4.69, 9.17) is 9.47 Å². The molecule has 0 radical (unpaired) electrons. The van der Waals surface area contributed by atoms with Crippen LogP contribution < -0.4 is 19.3 Å². The Bertz CT molecular complexity index is 688. The SMILES string of the molecule is CC(C)C12C[NH+]3CC(C(C)C)(C[NH+](C1)C3c1ccc3c(c1)OCO3)C2O. The van der Waals surface area contributed by atoms with E-state index in [0.29, 0.717) is 24.8 Å². The first-order valence-electron chi connectivity index (χ1n) is 10.1. The molecule has 5 aliphatic heterocycles. The number of piperidine rings is 2. The highest BCUT2D eigenvalue weighted by Gasteiger charge is 2.72. The molecule has 5 heterocycles. The van der Waals surface area contributed by atoms with Crippen LogP contribution in [0.5, 0.6) is 11.5 Å². The fourth-order valence-corrected chi connectivity index (χ4v) is 6.61. The van der Waals surface area contributed by atoms with Crippen LogP contribution in [-0.4, -0.2) is 44.2 Å². The van der Waals surface area contributed by atoms with Gasteiger partial charge in [0.2, 0.25) is 13.0 Å². The lowest BCUT2D eigenvalue weighted by atomic mass is 9.52. The van der Waals surface area contributed by atoms with E-state index >= 15 is 0 Å². The van der Waals surface area contributed by atoms with Gasteiger partial charge in [-0.2, -0.15) is 0 Å². The second-order valence-corrected chi connectivity index (χ2v) is 9.75. The van der Waals surface area contributed by atoms with Crippen LogP contribution in [0.4, 0.5) is 0 Å². The van der Waals surface area contributed by atoms with Crippen LogP contribution in [0, 0.1) is 22.7 Å². The molecule has 4 fully saturated rings. The lowest BCUT2D eigenvalue weighted by Gasteiger charge is -2.66. The standard InChI is InChI=1S/C21H30N2O3/c1-13(2)20-8-22-10-21(14(3)4,19(20)24)11-23(9-20)18(22)15-5-6-16-17(7-15)26-12-25-16/h5-7,13-14,18-19,24H,8-12H2,1-4H3/p+2. The molecule has 26 heavy (non-hydrogen) atoms. The first-order valence-corrected chi connectivity index (χ1v) is 10.1. The van der Waals surface area contributed by atoms with Crippen molar-refractivity contribution in [3.8, 4) is 11.5 Å². The number of fused-ring (bicyclic) bond motifs is 1. The maximum Gasteiger partial charge on any atom is 0.240 e. The molecule has 4 saturated heterocycles. The van der Waals surface area contributed by atoms with E-state index in [9.17, 15) is 5.11 Å². The van der Waals surface area contributed by atoms with Gasteiger partial charge in [-0.25, -0.2) is 0 Å². The summed E-state index contributed by atoms with van der Waals surface area (Å²) >= 11 is 0. The van der Waals surface area contributed by atoms with Gasteiger partial charge in [0.05, 0.1) is 48.7 Å². The average molecular weight is 360 g/mol. The van der Waals surface area contributed by atoms with Crippen molar-refractivity contribution >= 4 is 0 Å². The third kappa shape index (κ3) is 1.97. The zero-order valence-electron chi connectivity index (χ0n) is 16.3. The van der Waals surface area contributed by atoms with E-state index in [0.717, 1.165) is 37.7 Å². The number of aliphatic hydroxyl groups excluding tert-OH is 1. The zero-order valence-corrected chi connectivity index (χ0v) is 16.3. The smallest absolute Gasteiger partial charge is 0.240 e. The molecule has 4 bridgehead atoms. The van der Waals surface area contributed by atoms with Gasteiger partial charge in [0.1, 0.15) is 0 Å². The van der Waals surface area contributed by atoms with Gasteiger partial charge < -0.3 is 14.6 Å². The van der Waals surface area contributed by atoms with Gasteiger partial charge in [-0.3, -0.25) is 9.80 Å². The second-order valence-electron chi connectivity index (χ2n) is 9.75. The normalized spacial score (nSPS) is 42.9. The molecular formula is C21H32N2O3+2. The number of ether oxygens (including phenoxy) is 2. The number of aliphatic hydroxyl groups is 1. The highest BCUT2D eigenvalue weighted by molar-refractivity contribution is 5.44. The van der Waals surface area contributed by atoms with Gasteiger partial charge in [0, 0.05) is 0 Å². The fourth-order valence-electron chi connectivity index (χ4n) is 6.61. The van der Waals surface area contributed by atoms with Crippen LogP contribution in [0.15, 0.2) is 18.2 Å². The summed E-state index contributed by atoms with van der Waals surface area (Å²) in [5.74, 6) is 2.74. The van der Waals surface area contributed by atoms with Crippen molar-refractivity contribution < 1.29 is 24.4 Å². The number of hydrogen-bond acceptors (Lipinski definition) is 3.